The van der Waals surface area contributed by atoms with E-state index in [1.807, 2.05) is 0 Å². The Hall–Kier alpha value is -2.69. The number of carbonyl (C=O) groups excluding carboxylic acids is 1. The van der Waals surface area contributed by atoms with E-state index in [0.29, 0.717) is 22.8 Å². The summed E-state index contributed by atoms with van der Waals surface area (Å²) in [5.41, 5.74) is 0.628. The first kappa shape index (κ1) is 14.7. The fourth-order valence-corrected chi connectivity index (χ4v) is 2.02. The molecule has 2 rings (SSSR count). The topological polar surface area (TPSA) is 65.0 Å². The normalized spacial score (nSPS) is 10.0. The smallest absolute Gasteiger partial charge is 0.200 e. The lowest BCUT2D eigenvalue weighted by Crippen LogP contribution is -2.07. The van der Waals surface area contributed by atoms with Crippen molar-refractivity contribution in [2.24, 2.45) is 0 Å². The molecule has 0 unspecified atom stereocenters. The number of hydrogen-bond donors (Lipinski definition) is 1. The molecule has 0 aliphatic rings. The number of rotatable bonds is 5. The first-order valence-corrected chi connectivity index (χ1v) is 6.24. The Balaban J connectivity index is 2.59. The number of hydrogen-bond acceptors (Lipinski definition) is 5. The second kappa shape index (κ2) is 6.17. The molecule has 5 heteroatoms. The van der Waals surface area contributed by atoms with Crippen molar-refractivity contribution in [3.63, 3.8) is 0 Å². The van der Waals surface area contributed by atoms with E-state index in [-0.39, 0.29) is 17.1 Å². The zero-order chi connectivity index (χ0) is 15.4. The molecule has 0 amide bonds. The summed E-state index contributed by atoms with van der Waals surface area (Å²) in [6.45, 7) is 0. The molecule has 21 heavy (non-hydrogen) atoms. The minimum atomic E-state index is -0.303. The average molecular weight is 288 g/mol. The van der Waals surface area contributed by atoms with E-state index in [1.54, 1.807) is 24.3 Å². The second-order valence-electron chi connectivity index (χ2n) is 4.29. The summed E-state index contributed by atoms with van der Waals surface area (Å²) in [6.07, 6.45) is 0. The Morgan fingerprint density at radius 2 is 1.57 bits per heavy atom. The lowest BCUT2D eigenvalue weighted by atomic mass is 10.0. The van der Waals surface area contributed by atoms with Gasteiger partial charge in [0.1, 0.15) is 28.6 Å². The first-order valence-electron chi connectivity index (χ1n) is 6.24. The van der Waals surface area contributed by atoms with E-state index in [1.165, 1.54) is 33.5 Å². The van der Waals surface area contributed by atoms with Gasteiger partial charge in [0.05, 0.1) is 21.3 Å². The van der Waals surface area contributed by atoms with Crippen molar-refractivity contribution in [2.75, 3.05) is 21.3 Å². The van der Waals surface area contributed by atoms with Gasteiger partial charge >= 0.3 is 0 Å². The molecule has 0 saturated carbocycles. The Morgan fingerprint density at radius 3 is 2.05 bits per heavy atom. The Bertz CT molecular complexity index is 638. The van der Waals surface area contributed by atoms with Crippen LogP contribution in [0.4, 0.5) is 0 Å². The van der Waals surface area contributed by atoms with E-state index in [4.69, 9.17) is 14.2 Å². The molecule has 0 aliphatic heterocycles. The molecule has 2 aromatic rings. The van der Waals surface area contributed by atoms with Crippen LogP contribution in [-0.4, -0.2) is 32.2 Å². The van der Waals surface area contributed by atoms with Crippen LogP contribution in [0.1, 0.15) is 15.9 Å². The van der Waals surface area contributed by atoms with Crippen LogP contribution < -0.4 is 14.2 Å². The van der Waals surface area contributed by atoms with Gasteiger partial charge in [0.2, 0.25) is 5.78 Å². The summed E-state index contributed by atoms with van der Waals surface area (Å²) < 4.78 is 15.7. The van der Waals surface area contributed by atoms with Gasteiger partial charge in [0.15, 0.2) is 0 Å². The molecule has 0 aliphatic carbocycles. The highest BCUT2D eigenvalue weighted by atomic mass is 16.5. The van der Waals surface area contributed by atoms with Crippen LogP contribution in [0.2, 0.25) is 0 Å². The van der Waals surface area contributed by atoms with Crippen LogP contribution in [0.3, 0.4) is 0 Å². The SMILES string of the molecule is COc1cc(OC)c(C(=O)c2cccc(O)c2)c(OC)c1. The summed E-state index contributed by atoms with van der Waals surface area (Å²) in [4.78, 5) is 12.6. The van der Waals surface area contributed by atoms with Gasteiger partial charge in [-0.05, 0) is 12.1 Å². The van der Waals surface area contributed by atoms with Gasteiger partial charge in [0.25, 0.3) is 0 Å². The average Bonchev–Trinajstić information content (AvgIpc) is 2.52. The minimum absolute atomic E-state index is 0.0206. The maximum atomic E-state index is 12.6. The number of phenols is 1. The third-order valence-corrected chi connectivity index (χ3v) is 3.05. The van der Waals surface area contributed by atoms with E-state index in [0.717, 1.165) is 0 Å². The number of ether oxygens (including phenoxy) is 3. The van der Waals surface area contributed by atoms with Gasteiger partial charge in [-0.25, -0.2) is 0 Å². The van der Waals surface area contributed by atoms with Gasteiger partial charge in [-0.2, -0.15) is 0 Å². The standard InChI is InChI=1S/C16H16O5/c1-19-12-8-13(20-2)15(14(9-12)21-3)16(18)10-5-4-6-11(17)7-10/h4-9,17H,1-3H3. The molecule has 0 heterocycles. The molecule has 0 saturated heterocycles. The molecular formula is C16H16O5. The third kappa shape index (κ3) is 2.91. The lowest BCUT2D eigenvalue weighted by Gasteiger charge is -2.14. The van der Waals surface area contributed by atoms with Crippen LogP contribution >= 0.6 is 0 Å². The predicted octanol–water partition coefficient (Wildman–Crippen LogP) is 2.65. The Kier molecular flexibility index (Phi) is 4.33. The molecule has 0 bridgehead atoms. The van der Waals surface area contributed by atoms with Crippen molar-refractivity contribution in [3.05, 3.63) is 47.5 Å². The van der Waals surface area contributed by atoms with Gasteiger partial charge in [-0.1, -0.05) is 12.1 Å². The molecule has 1 N–H and O–H groups in total. The number of benzene rings is 2. The largest absolute Gasteiger partial charge is 0.508 e. The van der Waals surface area contributed by atoms with E-state index >= 15 is 0 Å². The van der Waals surface area contributed by atoms with Crippen molar-refractivity contribution >= 4 is 5.78 Å². The van der Waals surface area contributed by atoms with Crippen LogP contribution in [0.25, 0.3) is 0 Å². The first-order chi connectivity index (χ1) is 10.1. The molecule has 0 fully saturated rings. The molecule has 0 atom stereocenters. The lowest BCUT2D eigenvalue weighted by molar-refractivity contribution is 0.103. The van der Waals surface area contributed by atoms with Crippen molar-refractivity contribution in [3.8, 4) is 23.0 Å². The van der Waals surface area contributed by atoms with Crippen LogP contribution in [0.15, 0.2) is 36.4 Å². The summed E-state index contributed by atoms with van der Waals surface area (Å²) in [5.74, 6) is 0.935. The molecule has 5 nitrogen and oxygen atoms in total. The van der Waals surface area contributed by atoms with Gasteiger partial charge in [-0.3, -0.25) is 4.79 Å². The van der Waals surface area contributed by atoms with Crippen molar-refractivity contribution in [1.29, 1.82) is 0 Å². The maximum Gasteiger partial charge on any atom is 0.200 e. The fraction of sp³-hybridized carbons (Fsp3) is 0.188. The summed E-state index contributed by atoms with van der Waals surface area (Å²) in [5, 5.41) is 9.51. The zero-order valence-electron chi connectivity index (χ0n) is 12.0. The minimum Gasteiger partial charge on any atom is -0.508 e. The van der Waals surface area contributed by atoms with Gasteiger partial charge < -0.3 is 19.3 Å². The van der Waals surface area contributed by atoms with Crippen molar-refractivity contribution in [2.45, 2.75) is 0 Å². The van der Waals surface area contributed by atoms with Crippen molar-refractivity contribution < 1.29 is 24.1 Å². The highest BCUT2D eigenvalue weighted by Gasteiger charge is 2.21. The second-order valence-corrected chi connectivity index (χ2v) is 4.29. The monoisotopic (exact) mass is 288 g/mol. The number of aromatic hydroxyl groups is 1. The van der Waals surface area contributed by atoms with E-state index in [9.17, 15) is 9.90 Å². The third-order valence-electron chi connectivity index (χ3n) is 3.05. The van der Waals surface area contributed by atoms with Gasteiger partial charge in [0, 0.05) is 17.7 Å². The van der Waals surface area contributed by atoms with E-state index < -0.39 is 0 Å². The van der Waals surface area contributed by atoms with Crippen LogP contribution in [0, 0.1) is 0 Å². The quantitative estimate of drug-likeness (QED) is 0.857. The summed E-state index contributed by atoms with van der Waals surface area (Å²) in [6, 6.07) is 9.33. The molecule has 2 aromatic carbocycles. The molecular weight excluding hydrogens is 272 g/mol. The van der Waals surface area contributed by atoms with Crippen molar-refractivity contribution in [1.82, 2.24) is 0 Å². The number of phenolic OH excluding ortho intramolecular Hbond substituents is 1. The molecule has 110 valence electrons. The number of carbonyl (C=O) groups is 1. The molecule has 0 spiro atoms. The Morgan fingerprint density at radius 1 is 0.952 bits per heavy atom. The predicted molar refractivity (Wildman–Crippen MR) is 77.6 cm³/mol. The fourth-order valence-electron chi connectivity index (χ4n) is 2.02. The molecule has 0 aromatic heterocycles. The van der Waals surface area contributed by atoms with E-state index in [2.05, 4.69) is 0 Å². The number of ketones is 1. The molecule has 0 radical (unpaired) electrons. The highest BCUT2D eigenvalue weighted by molar-refractivity contribution is 6.12. The Labute approximate surface area is 122 Å². The maximum absolute atomic E-state index is 12.6. The van der Waals surface area contributed by atoms with Crippen LogP contribution in [-0.2, 0) is 0 Å². The highest BCUT2D eigenvalue weighted by Crippen LogP contribution is 2.35. The van der Waals surface area contributed by atoms with Crippen LogP contribution in [0.5, 0.6) is 23.0 Å². The summed E-state index contributed by atoms with van der Waals surface area (Å²) >= 11 is 0. The van der Waals surface area contributed by atoms with Gasteiger partial charge in [-0.15, -0.1) is 0 Å². The summed E-state index contributed by atoms with van der Waals surface area (Å²) in [7, 11) is 4.45. The number of methoxy groups -OCH3 is 3. The zero-order valence-corrected chi connectivity index (χ0v) is 12.0.